The summed E-state index contributed by atoms with van der Waals surface area (Å²) in [5.41, 5.74) is 1.08. The van der Waals surface area contributed by atoms with Crippen molar-refractivity contribution in [2.45, 2.75) is 6.92 Å². The van der Waals surface area contributed by atoms with Crippen LogP contribution in [0.15, 0.2) is 46.4 Å². The smallest absolute Gasteiger partial charge is 0.338 e. The third-order valence-corrected chi connectivity index (χ3v) is 4.62. The average molecular weight is 428 g/mol. The first-order chi connectivity index (χ1) is 14.4. The van der Waals surface area contributed by atoms with Gasteiger partial charge in [0.15, 0.2) is 5.11 Å². The minimum Gasteiger partial charge on any atom is -0.462 e. The lowest BCUT2D eigenvalue weighted by molar-refractivity contribution is -0.129. The second kappa shape index (κ2) is 9.47. The zero-order chi connectivity index (χ0) is 21.7. The maximum absolute atomic E-state index is 12.7. The van der Waals surface area contributed by atoms with Crippen molar-refractivity contribution >= 4 is 41.2 Å². The van der Waals surface area contributed by atoms with E-state index in [1.165, 1.54) is 18.1 Å². The van der Waals surface area contributed by atoms with E-state index in [1.54, 1.807) is 43.3 Å². The molecule has 8 nitrogen and oxygen atoms in total. The number of nitrogens with one attached hydrogen (secondary N) is 1. The van der Waals surface area contributed by atoms with Crippen LogP contribution in [0.2, 0.25) is 0 Å². The number of hydrogen-bond donors (Lipinski definition) is 1. The molecule has 1 aliphatic heterocycles. The lowest BCUT2D eigenvalue weighted by atomic mass is 10.1. The van der Waals surface area contributed by atoms with Gasteiger partial charge in [0.1, 0.15) is 17.1 Å². The van der Waals surface area contributed by atoms with E-state index in [2.05, 4.69) is 5.32 Å². The van der Waals surface area contributed by atoms with Crippen molar-refractivity contribution in [1.82, 2.24) is 10.2 Å². The Morgan fingerprint density at radius 2 is 1.93 bits per heavy atom. The maximum atomic E-state index is 12.7. The molecule has 156 valence electrons. The molecule has 0 unspecified atom stereocenters. The molecule has 2 heterocycles. The van der Waals surface area contributed by atoms with Crippen molar-refractivity contribution in [1.29, 1.82) is 0 Å². The van der Waals surface area contributed by atoms with E-state index in [-0.39, 0.29) is 23.8 Å². The lowest BCUT2D eigenvalue weighted by Gasteiger charge is -2.28. The topological polar surface area (TPSA) is 98.1 Å². The number of amides is 2. The molecule has 1 aromatic heterocycles. The van der Waals surface area contributed by atoms with Gasteiger partial charge in [-0.05, 0) is 49.5 Å². The number of carbonyl (C=O) groups is 3. The number of benzene rings is 1. The minimum absolute atomic E-state index is 0.0426. The van der Waals surface area contributed by atoms with Gasteiger partial charge in [-0.25, -0.2) is 4.79 Å². The predicted molar refractivity (Wildman–Crippen MR) is 112 cm³/mol. The van der Waals surface area contributed by atoms with E-state index in [0.717, 1.165) is 5.56 Å². The molecule has 1 aromatic carbocycles. The zero-order valence-corrected chi connectivity index (χ0v) is 17.3. The summed E-state index contributed by atoms with van der Waals surface area (Å²) in [7, 11) is 1.51. The van der Waals surface area contributed by atoms with Crippen LogP contribution < -0.4 is 5.32 Å². The monoisotopic (exact) mass is 428 g/mol. The second-order valence-corrected chi connectivity index (χ2v) is 6.65. The van der Waals surface area contributed by atoms with Crippen molar-refractivity contribution in [3.05, 3.63) is 53.3 Å². The molecule has 2 aromatic rings. The van der Waals surface area contributed by atoms with Crippen LogP contribution in [0.1, 0.15) is 23.0 Å². The quantitative estimate of drug-likeness (QED) is 0.313. The Labute approximate surface area is 178 Å². The lowest BCUT2D eigenvalue weighted by Crippen LogP contribution is -2.54. The van der Waals surface area contributed by atoms with Gasteiger partial charge in [-0.3, -0.25) is 19.8 Å². The van der Waals surface area contributed by atoms with Gasteiger partial charge in [-0.15, -0.1) is 0 Å². The fourth-order valence-electron chi connectivity index (χ4n) is 2.79. The average Bonchev–Trinajstić information content (AvgIpc) is 3.20. The first-order valence-corrected chi connectivity index (χ1v) is 9.60. The fourth-order valence-corrected chi connectivity index (χ4v) is 3.06. The molecule has 0 bridgehead atoms. The Kier molecular flexibility index (Phi) is 6.76. The van der Waals surface area contributed by atoms with Crippen LogP contribution in [0, 0.1) is 0 Å². The van der Waals surface area contributed by atoms with Crippen LogP contribution in [-0.4, -0.2) is 54.7 Å². The highest BCUT2D eigenvalue weighted by atomic mass is 32.1. The number of furan rings is 1. The Bertz CT molecular complexity index is 1010. The molecule has 30 heavy (non-hydrogen) atoms. The summed E-state index contributed by atoms with van der Waals surface area (Å²) in [5.74, 6) is -0.648. The molecular formula is C21H20N2O6S. The molecule has 1 aliphatic rings. The summed E-state index contributed by atoms with van der Waals surface area (Å²) in [5, 5.41) is 2.54. The van der Waals surface area contributed by atoms with Gasteiger partial charge in [0.2, 0.25) is 0 Å². The highest BCUT2D eigenvalue weighted by Crippen LogP contribution is 2.25. The number of thiocarbonyl (C=S) groups is 1. The van der Waals surface area contributed by atoms with E-state index < -0.39 is 17.8 Å². The number of hydrogen-bond acceptors (Lipinski definition) is 7. The molecule has 9 heteroatoms. The summed E-state index contributed by atoms with van der Waals surface area (Å²) < 4.78 is 15.7. The van der Waals surface area contributed by atoms with E-state index in [0.29, 0.717) is 23.7 Å². The summed E-state index contributed by atoms with van der Waals surface area (Å²) in [6.45, 7) is 2.55. The first kappa shape index (κ1) is 21.4. The van der Waals surface area contributed by atoms with Crippen LogP contribution >= 0.6 is 12.2 Å². The minimum atomic E-state index is -0.588. The van der Waals surface area contributed by atoms with Gasteiger partial charge in [-0.2, -0.15) is 0 Å². The van der Waals surface area contributed by atoms with Crippen molar-refractivity contribution in [3.63, 3.8) is 0 Å². The number of ether oxygens (including phenoxy) is 2. The van der Waals surface area contributed by atoms with Crippen molar-refractivity contribution < 1.29 is 28.3 Å². The number of methoxy groups -OCH3 is 1. The van der Waals surface area contributed by atoms with E-state index in [1.807, 2.05) is 0 Å². The van der Waals surface area contributed by atoms with Gasteiger partial charge in [-0.1, -0.05) is 12.1 Å². The number of nitrogens with zero attached hydrogens (tertiary/aromatic N) is 1. The van der Waals surface area contributed by atoms with Crippen molar-refractivity contribution in [3.8, 4) is 11.3 Å². The first-order valence-electron chi connectivity index (χ1n) is 9.19. The van der Waals surface area contributed by atoms with Crippen LogP contribution in [0.25, 0.3) is 17.4 Å². The van der Waals surface area contributed by atoms with Crippen LogP contribution in [-0.2, 0) is 19.1 Å². The molecule has 1 N–H and O–H groups in total. The van der Waals surface area contributed by atoms with E-state index in [9.17, 15) is 14.4 Å². The molecule has 3 rings (SSSR count). The van der Waals surface area contributed by atoms with Gasteiger partial charge < -0.3 is 13.9 Å². The summed E-state index contributed by atoms with van der Waals surface area (Å²) in [6, 6.07) is 10.1. The molecule has 0 saturated carbocycles. The zero-order valence-electron chi connectivity index (χ0n) is 16.5. The Balaban J connectivity index is 1.80. The number of rotatable bonds is 7. The van der Waals surface area contributed by atoms with E-state index in [4.69, 9.17) is 26.1 Å². The molecule has 0 aliphatic carbocycles. The second-order valence-electron chi connectivity index (χ2n) is 6.27. The van der Waals surface area contributed by atoms with E-state index >= 15 is 0 Å². The third-order valence-electron chi connectivity index (χ3n) is 4.30. The maximum Gasteiger partial charge on any atom is 0.338 e. The Hall–Kier alpha value is -3.30. The molecule has 0 atom stereocenters. The van der Waals surface area contributed by atoms with Gasteiger partial charge >= 0.3 is 5.97 Å². The molecule has 1 fully saturated rings. The van der Waals surface area contributed by atoms with Crippen molar-refractivity contribution in [2.75, 3.05) is 26.9 Å². The largest absolute Gasteiger partial charge is 0.462 e. The standard InChI is InChI=1S/C21H20N2O6S/c1-3-28-20(26)14-6-4-13(5-7-14)17-9-8-15(29-17)12-16-18(24)22-21(30)23(19(16)25)10-11-27-2/h4-9,12H,3,10-11H2,1-2H3,(H,22,24,30). The van der Waals surface area contributed by atoms with Gasteiger partial charge in [0, 0.05) is 12.7 Å². The predicted octanol–water partition coefficient (Wildman–Crippen LogP) is 2.40. The molecule has 2 amide bonds. The molecule has 0 spiro atoms. The normalized spacial score (nSPS) is 15.5. The molecular weight excluding hydrogens is 408 g/mol. The molecule has 0 radical (unpaired) electrons. The van der Waals surface area contributed by atoms with Gasteiger partial charge in [0.25, 0.3) is 11.8 Å². The number of carbonyl (C=O) groups excluding carboxylic acids is 3. The van der Waals surface area contributed by atoms with Crippen LogP contribution in [0.4, 0.5) is 0 Å². The summed E-state index contributed by atoms with van der Waals surface area (Å²) in [6.07, 6.45) is 1.37. The van der Waals surface area contributed by atoms with Crippen LogP contribution in [0.3, 0.4) is 0 Å². The molecule has 1 saturated heterocycles. The summed E-state index contributed by atoms with van der Waals surface area (Å²) in [4.78, 5) is 37.9. The van der Waals surface area contributed by atoms with Crippen LogP contribution in [0.5, 0.6) is 0 Å². The highest BCUT2D eigenvalue weighted by molar-refractivity contribution is 7.80. The fraction of sp³-hybridized carbons (Fsp3) is 0.238. The van der Waals surface area contributed by atoms with Crippen molar-refractivity contribution in [2.24, 2.45) is 0 Å². The number of esters is 1. The SMILES string of the molecule is CCOC(=O)c1ccc(-c2ccc(C=C3C(=O)NC(=S)N(CCOC)C3=O)o2)cc1. The summed E-state index contributed by atoms with van der Waals surface area (Å²) >= 11 is 5.06. The van der Waals surface area contributed by atoms with Gasteiger partial charge in [0.05, 0.1) is 25.3 Å². The Morgan fingerprint density at radius 3 is 2.60 bits per heavy atom. The Morgan fingerprint density at radius 1 is 1.20 bits per heavy atom. The highest BCUT2D eigenvalue weighted by Gasteiger charge is 2.33. The third kappa shape index (κ3) is 4.64.